The first kappa shape index (κ1) is 14.4. The first-order valence-electron chi connectivity index (χ1n) is 8.23. The first-order valence-corrected chi connectivity index (χ1v) is 8.64. The Balaban J connectivity index is 1.85. The SMILES string of the molecule is Oc1ccccc1-c1n[nH]c(=S)n1-c1ccc2c3c(cccc13)CC2. The average Bonchev–Trinajstić information content (AvgIpc) is 3.22. The van der Waals surface area contributed by atoms with E-state index in [1.54, 1.807) is 12.1 Å². The Hall–Kier alpha value is -2.92. The van der Waals surface area contributed by atoms with Gasteiger partial charge in [-0.15, -0.1) is 0 Å². The van der Waals surface area contributed by atoms with E-state index >= 15 is 0 Å². The van der Waals surface area contributed by atoms with E-state index in [1.807, 2.05) is 16.7 Å². The fraction of sp³-hybridized carbons (Fsp3) is 0.100. The van der Waals surface area contributed by atoms with Crippen LogP contribution in [0.25, 0.3) is 27.8 Å². The number of hydrogen-bond acceptors (Lipinski definition) is 3. The molecule has 3 aromatic carbocycles. The van der Waals surface area contributed by atoms with Crippen LogP contribution in [0, 0.1) is 4.77 Å². The summed E-state index contributed by atoms with van der Waals surface area (Å²) in [5.41, 5.74) is 4.40. The smallest absolute Gasteiger partial charge is 0.200 e. The second kappa shape index (κ2) is 5.29. The van der Waals surface area contributed by atoms with E-state index in [4.69, 9.17) is 12.2 Å². The Bertz CT molecular complexity index is 1180. The maximum Gasteiger partial charge on any atom is 0.200 e. The van der Waals surface area contributed by atoms with Crippen LogP contribution in [-0.4, -0.2) is 19.9 Å². The van der Waals surface area contributed by atoms with Crippen LogP contribution in [0.2, 0.25) is 0 Å². The number of H-pyrrole nitrogens is 1. The van der Waals surface area contributed by atoms with Crippen LogP contribution in [0.15, 0.2) is 54.6 Å². The van der Waals surface area contributed by atoms with Gasteiger partial charge in [-0.3, -0.25) is 9.67 Å². The summed E-state index contributed by atoms with van der Waals surface area (Å²) in [6.07, 6.45) is 2.17. The summed E-state index contributed by atoms with van der Waals surface area (Å²) in [4.78, 5) is 0. The molecule has 1 heterocycles. The van der Waals surface area contributed by atoms with Crippen LogP contribution in [0.5, 0.6) is 5.75 Å². The van der Waals surface area contributed by atoms with Crippen LogP contribution in [0.3, 0.4) is 0 Å². The van der Waals surface area contributed by atoms with Crippen LogP contribution < -0.4 is 0 Å². The molecule has 4 aromatic rings. The highest BCUT2D eigenvalue weighted by atomic mass is 32.1. The lowest BCUT2D eigenvalue weighted by atomic mass is 10.0. The number of phenols is 1. The number of aromatic nitrogens is 3. The van der Waals surface area contributed by atoms with Crippen molar-refractivity contribution < 1.29 is 5.11 Å². The van der Waals surface area contributed by atoms with Gasteiger partial charge in [-0.05, 0) is 59.8 Å². The molecule has 0 fully saturated rings. The second-order valence-electron chi connectivity index (χ2n) is 6.29. The van der Waals surface area contributed by atoms with E-state index in [2.05, 4.69) is 40.5 Å². The largest absolute Gasteiger partial charge is 0.507 e. The Kier molecular flexibility index (Phi) is 3.05. The number of aryl methyl sites for hydroxylation is 2. The molecular weight excluding hydrogens is 330 g/mol. The van der Waals surface area contributed by atoms with Crippen molar-refractivity contribution in [1.29, 1.82) is 0 Å². The molecule has 0 saturated heterocycles. The molecule has 5 heteroatoms. The minimum absolute atomic E-state index is 0.184. The number of nitrogens with zero attached hydrogens (tertiary/aromatic N) is 2. The van der Waals surface area contributed by atoms with Crippen molar-refractivity contribution >= 4 is 23.0 Å². The van der Waals surface area contributed by atoms with Gasteiger partial charge in [0, 0.05) is 5.39 Å². The van der Waals surface area contributed by atoms with E-state index in [0.29, 0.717) is 16.2 Å². The summed E-state index contributed by atoms with van der Waals surface area (Å²) in [7, 11) is 0. The van der Waals surface area contributed by atoms with Crippen molar-refractivity contribution in [3.05, 3.63) is 70.5 Å². The Labute approximate surface area is 149 Å². The summed E-state index contributed by atoms with van der Waals surface area (Å²) >= 11 is 5.51. The van der Waals surface area contributed by atoms with E-state index in [-0.39, 0.29) is 5.75 Å². The average molecular weight is 345 g/mol. The van der Waals surface area contributed by atoms with Gasteiger partial charge in [0.05, 0.1) is 11.3 Å². The lowest BCUT2D eigenvalue weighted by molar-refractivity contribution is 0.476. The molecule has 25 heavy (non-hydrogen) atoms. The standard InChI is InChI=1S/C20H15N3OS/c24-17-7-2-1-5-15(17)19-21-22-20(25)23(19)16-11-10-13-9-8-12-4-3-6-14(16)18(12)13/h1-7,10-11,24H,8-9H2,(H,22,25). The van der Waals surface area contributed by atoms with Gasteiger partial charge in [-0.2, -0.15) is 5.10 Å². The molecule has 1 aliphatic carbocycles. The molecule has 0 radical (unpaired) electrons. The highest BCUT2D eigenvalue weighted by molar-refractivity contribution is 7.71. The quantitative estimate of drug-likeness (QED) is 0.524. The van der Waals surface area contributed by atoms with E-state index < -0.39 is 0 Å². The third-order valence-corrected chi connectivity index (χ3v) is 5.19. The Morgan fingerprint density at radius 1 is 0.960 bits per heavy atom. The molecule has 122 valence electrons. The zero-order valence-electron chi connectivity index (χ0n) is 13.4. The maximum absolute atomic E-state index is 10.3. The molecule has 0 bridgehead atoms. The lowest BCUT2D eigenvalue weighted by Gasteiger charge is -2.12. The predicted molar refractivity (Wildman–Crippen MR) is 101 cm³/mol. The molecule has 0 atom stereocenters. The van der Waals surface area contributed by atoms with Crippen molar-refractivity contribution in [2.24, 2.45) is 0 Å². The summed E-state index contributed by atoms with van der Waals surface area (Å²) in [5.74, 6) is 0.797. The van der Waals surface area contributed by atoms with Crippen molar-refractivity contribution in [3.8, 4) is 22.8 Å². The maximum atomic E-state index is 10.3. The van der Waals surface area contributed by atoms with Gasteiger partial charge in [0.2, 0.25) is 0 Å². The van der Waals surface area contributed by atoms with E-state index in [1.165, 1.54) is 21.9 Å². The minimum atomic E-state index is 0.184. The van der Waals surface area contributed by atoms with Gasteiger partial charge in [0.1, 0.15) is 5.75 Å². The fourth-order valence-corrected chi connectivity index (χ4v) is 4.02. The molecule has 4 nitrogen and oxygen atoms in total. The van der Waals surface area contributed by atoms with Gasteiger partial charge < -0.3 is 5.11 Å². The zero-order valence-corrected chi connectivity index (χ0v) is 14.2. The number of benzene rings is 3. The predicted octanol–water partition coefficient (Wildman–Crippen LogP) is 4.55. The second-order valence-corrected chi connectivity index (χ2v) is 6.68. The molecule has 0 spiro atoms. The highest BCUT2D eigenvalue weighted by Gasteiger charge is 2.20. The van der Waals surface area contributed by atoms with Gasteiger partial charge in [0.25, 0.3) is 0 Å². The number of aromatic amines is 1. The lowest BCUT2D eigenvalue weighted by Crippen LogP contribution is -1.99. The van der Waals surface area contributed by atoms with Crippen LogP contribution in [0.4, 0.5) is 0 Å². The molecule has 1 aromatic heterocycles. The van der Waals surface area contributed by atoms with E-state index in [0.717, 1.165) is 18.5 Å². The number of phenolic OH excluding ortho intramolecular Hbond substituents is 1. The number of para-hydroxylation sites is 1. The Morgan fingerprint density at radius 3 is 2.60 bits per heavy atom. The van der Waals surface area contributed by atoms with Crippen LogP contribution >= 0.6 is 12.2 Å². The van der Waals surface area contributed by atoms with Crippen molar-refractivity contribution in [1.82, 2.24) is 14.8 Å². The number of aromatic hydroxyl groups is 1. The molecule has 0 amide bonds. The zero-order chi connectivity index (χ0) is 17.0. The monoisotopic (exact) mass is 345 g/mol. The number of nitrogens with one attached hydrogen (secondary N) is 1. The van der Waals surface area contributed by atoms with Crippen molar-refractivity contribution in [3.63, 3.8) is 0 Å². The van der Waals surface area contributed by atoms with Gasteiger partial charge in [0.15, 0.2) is 10.6 Å². The summed E-state index contributed by atoms with van der Waals surface area (Å²) in [5, 5.41) is 20.0. The molecule has 1 aliphatic rings. The fourth-order valence-electron chi connectivity index (χ4n) is 3.79. The highest BCUT2D eigenvalue weighted by Crippen LogP contribution is 2.36. The van der Waals surface area contributed by atoms with Gasteiger partial charge in [-0.1, -0.05) is 36.4 Å². The number of hydrogen-bond donors (Lipinski definition) is 2. The van der Waals surface area contributed by atoms with Crippen LogP contribution in [-0.2, 0) is 12.8 Å². The van der Waals surface area contributed by atoms with Crippen LogP contribution in [0.1, 0.15) is 11.1 Å². The topological polar surface area (TPSA) is 53.8 Å². The molecule has 0 aliphatic heterocycles. The van der Waals surface area contributed by atoms with Gasteiger partial charge >= 0.3 is 0 Å². The molecule has 5 rings (SSSR count). The summed E-state index contributed by atoms with van der Waals surface area (Å²) in [6, 6.07) is 17.9. The summed E-state index contributed by atoms with van der Waals surface area (Å²) < 4.78 is 2.42. The third-order valence-electron chi connectivity index (χ3n) is 4.91. The van der Waals surface area contributed by atoms with Crippen molar-refractivity contribution in [2.45, 2.75) is 12.8 Å². The third kappa shape index (κ3) is 2.06. The van der Waals surface area contributed by atoms with E-state index in [9.17, 15) is 5.11 Å². The molecule has 2 N–H and O–H groups in total. The molecule has 0 unspecified atom stereocenters. The molecular formula is C20H15N3OS. The number of rotatable bonds is 2. The molecule has 0 saturated carbocycles. The normalized spacial score (nSPS) is 12.8. The Morgan fingerprint density at radius 2 is 1.76 bits per heavy atom. The van der Waals surface area contributed by atoms with Crippen molar-refractivity contribution in [2.75, 3.05) is 0 Å². The summed E-state index contributed by atoms with van der Waals surface area (Å²) in [6.45, 7) is 0. The van der Waals surface area contributed by atoms with Gasteiger partial charge in [-0.25, -0.2) is 0 Å². The minimum Gasteiger partial charge on any atom is -0.507 e. The first-order chi connectivity index (χ1) is 12.2.